The van der Waals surface area contributed by atoms with Crippen molar-refractivity contribution < 1.29 is 9.53 Å². The largest absolute Gasteiger partial charge is 0.450 e. The van der Waals surface area contributed by atoms with Gasteiger partial charge < -0.3 is 15.0 Å². The van der Waals surface area contributed by atoms with Crippen molar-refractivity contribution in [1.29, 1.82) is 5.26 Å². The molecule has 0 spiro atoms. The highest BCUT2D eigenvalue weighted by Crippen LogP contribution is 2.48. The molecule has 0 atom stereocenters. The van der Waals surface area contributed by atoms with Crippen molar-refractivity contribution in [2.24, 2.45) is 5.41 Å². The molecule has 1 aliphatic carbocycles. The van der Waals surface area contributed by atoms with Gasteiger partial charge in [-0.1, -0.05) is 0 Å². The predicted molar refractivity (Wildman–Crippen MR) is 71.5 cm³/mol. The second kappa shape index (κ2) is 6.25. The molecular formula is C14H23N3O2. The maximum Gasteiger partial charge on any atom is 0.409 e. The lowest BCUT2D eigenvalue weighted by atomic mass is 10.0. The Morgan fingerprint density at radius 2 is 2.16 bits per heavy atom. The Kier molecular flexibility index (Phi) is 4.65. The molecule has 2 aliphatic rings. The van der Waals surface area contributed by atoms with Crippen molar-refractivity contribution in [3.05, 3.63) is 0 Å². The van der Waals surface area contributed by atoms with Crippen LogP contribution in [0.25, 0.3) is 0 Å². The van der Waals surface area contributed by atoms with E-state index >= 15 is 0 Å². The highest BCUT2D eigenvalue weighted by Gasteiger charge is 2.42. The molecule has 1 N–H and O–H groups in total. The Hall–Kier alpha value is -1.28. The molecular weight excluding hydrogens is 242 g/mol. The van der Waals surface area contributed by atoms with Gasteiger partial charge in [-0.3, -0.25) is 0 Å². The summed E-state index contributed by atoms with van der Waals surface area (Å²) in [6, 6.07) is 2.76. The molecule has 1 aliphatic heterocycles. The van der Waals surface area contributed by atoms with Crippen molar-refractivity contribution in [3.63, 3.8) is 0 Å². The van der Waals surface area contributed by atoms with Gasteiger partial charge in [0.15, 0.2) is 0 Å². The maximum absolute atomic E-state index is 11.6. The smallest absolute Gasteiger partial charge is 0.409 e. The van der Waals surface area contributed by atoms with Gasteiger partial charge in [0, 0.05) is 32.1 Å². The van der Waals surface area contributed by atoms with E-state index in [0.29, 0.717) is 19.1 Å². The normalized spacial score (nSPS) is 21.8. The number of carbonyl (C=O) groups excluding carboxylic acids is 1. The highest BCUT2D eigenvalue weighted by atomic mass is 16.6. The van der Waals surface area contributed by atoms with Gasteiger partial charge in [0.2, 0.25) is 0 Å². The van der Waals surface area contributed by atoms with Gasteiger partial charge in [0.05, 0.1) is 12.7 Å². The van der Waals surface area contributed by atoms with Gasteiger partial charge in [-0.05, 0) is 38.0 Å². The zero-order valence-corrected chi connectivity index (χ0v) is 11.7. The molecule has 1 saturated heterocycles. The second-order valence-electron chi connectivity index (χ2n) is 5.68. The van der Waals surface area contributed by atoms with Crippen LogP contribution in [0.3, 0.4) is 0 Å². The number of nitrogens with zero attached hydrogens (tertiary/aromatic N) is 2. The van der Waals surface area contributed by atoms with Crippen LogP contribution in [-0.4, -0.2) is 43.3 Å². The predicted octanol–water partition coefficient (Wildman–Crippen LogP) is 1.89. The van der Waals surface area contributed by atoms with E-state index in [1.165, 1.54) is 12.8 Å². The van der Waals surface area contributed by atoms with E-state index in [9.17, 15) is 4.79 Å². The van der Waals surface area contributed by atoms with Crippen LogP contribution in [0.2, 0.25) is 0 Å². The first-order valence-corrected chi connectivity index (χ1v) is 7.21. The van der Waals surface area contributed by atoms with Gasteiger partial charge in [0.1, 0.15) is 0 Å². The Labute approximate surface area is 114 Å². The van der Waals surface area contributed by atoms with Crippen LogP contribution in [-0.2, 0) is 4.74 Å². The molecule has 0 aromatic heterocycles. The number of hydrogen-bond donors (Lipinski definition) is 1. The van der Waals surface area contributed by atoms with E-state index in [1.807, 2.05) is 6.92 Å². The van der Waals surface area contributed by atoms with E-state index in [0.717, 1.165) is 32.5 Å². The second-order valence-corrected chi connectivity index (χ2v) is 5.68. The topological polar surface area (TPSA) is 65.4 Å². The van der Waals surface area contributed by atoms with E-state index in [4.69, 9.17) is 10.00 Å². The molecule has 1 saturated carbocycles. The molecule has 106 valence electrons. The van der Waals surface area contributed by atoms with Crippen LogP contribution in [0, 0.1) is 16.7 Å². The minimum absolute atomic E-state index is 0.191. The standard InChI is InChI=1S/C14H23N3O2/c1-2-19-13(18)17-9-3-12(4-10-17)16-11-14(5-6-14)7-8-15/h12,16H,2-7,9-11H2,1H3. The first-order chi connectivity index (χ1) is 9.19. The van der Waals surface area contributed by atoms with E-state index < -0.39 is 0 Å². The maximum atomic E-state index is 11.6. The van der Waals surface area contributed by atoms with E-state index in [2.05, 4.69) is 11.4 Å². The third-order valence-electron chi connectivity index (χ3n) is 4.20. The van der Waals surface area contributed by atoms with Crippen LogP contribution < -0.4 is 5.32 Å². The minimum Gasteiger partial charge on any atom is -0.450 e. The van der Waals surface area contributed by atoms with Crippen molar-refractivity contribution in [3.8, 4) is 6.07 Å². The van der Waals surface area contributed by atoms with Crippen LogP contribution in [0.15, 0.2) is 0 Å². The van der Waals surface area contributed by atoms with Gasteiger partial charge in [-0.15, -0.1) is 0 Å². The van der Waals surface area contributed by atoms with Crippen molar-refractivity contribution >= 4 is 6.09 Å². The summed E-state index contributed by atoms with van der Waals surface area (Å²) in [5.74, 6) is 0. The molecule has 5 heteroatoms. The van der Waals surface area contributed by atoms with Crippen LogP contribution >= 0.6 is 0 Å². The van der Waals surface area contributed by atoms with Gasteiger partial charge in [0.25, 0.3) is 0 Å². The summed E-state index contributed by atoms with van der Waals surface area (Å²) in [6.45, 7) is 4.75. The molecule has 0 unspecified atom stereocenters. The Morgan fingerprint density at radius 3 is 2.68 bits per heavy atom. The summed E-state index contributed by atoms with van der Waals surface area (Å²) >= 11 is 0. The SMILES string of the molecule is CCOC(=O)N1CCC(NCC2(CC#N)CC2)CC1. The molecule has 2 rings (SSSR count). The summed E-state index contributed by atoms with van der Waals surface area (Å²) in [5, 5.41) is 12.4. The van der Waals surface area contributed by atoms with Crippen molar-refractivity contribution in [1.82, 2.24) is 10.2 Å². The summed E-state index contributed by atoms with van der Waals surface area (Å²) in [5.41, 5.74) is 0.257. The molecule has 1 heterocycles. The summed E-state index contributed by atoms with van der Waals surface area (Å²) in [4.78, 5) is 13.3. The van der Waals surface area contributed by atoms with Crippen LogP contribution in [0.1, 0.15) is 39.0 Å². The first kappa shape index (κ1) is 14.1. The Bertz CT molecular complexity index is 352. The fourth-order valence-corrected chi connectivity index (χ4v) is 2.60. The van der Waals surface area contributed by atoms with Gasteiger partial charge >= 0.3 is 6.09 Å². The van der Waals surface area contributed by atoms with Crippen molar-refractivity contribution in [2.45, 2.75) is 45.1 Å². The molecule has 5 nitrogen and oxygen atoms in total. The number of ether oxygens (including phenoxy) is 1. The van der Waals surface area contributed by atoms with E-state index in [-0.39, 0.29) is 11.5 Å². The lowest BCUT2D eigenvalue weighted by Gasteiger charge is -2.32. The Balaban J connectivity index is 1.67. The summed E-state index contributed by atoms with van der Waals surface area (Å²) in [7, 11) is 0. The van der Waals surface area contributed by atoms with E-state index in [1.54, 1.807) is 4.90 Å². The summed E-state index contributed by atoms with van der Waals surface area (Å²) < 4.78 is 5.00. The average Bonchev–Trinajstić information content (AvgIpc) is 3.18. The third kappa shape index (κ3) is 3.84. The molecule has 0 aromatic rings. The molecule has 0 bridgehead atoms. The number of nitriles is 1. The fourth-order valence-electron chi connectivity index (χ4n) is 2.60. The molecule has 1 amide bonds. The number of hydrogen-bond acceptors (Lipinski definition) is 4. The number of nitrogens with one attached hydrogen (secondary N) is 1. The van der Waals surface area contributed by atoms with Gasteiger partial charge in [-0.2, -0.15) is 5.26 Å². The van der Waals surface area contributed by atoms with Gasteiger partial charge in [-0.25, -0.2) is 4.79 Å². The first-order valence-electron chi connectivity index (χ1n) is 7.21. The quantitative estimate of drug-likeness (QED) is 0.824. The highest BCUT2D eigenvalue weighted by molar-refractivity contribution is 5.67. The summed E-state index contributed by atoms with van der Waals surface area (Å²) in [6.07, 6.45) is 4.78. The fraction of sp³-hybridized carbons (Fsp3) is 0.857. The Morgan fingerprint density at radius 1 is 1.47 bits per heavy atom. The number of amides is 1. The number of carbonyl (C=O) groups is 1. The molecule has 2 fully saturated rings. The van der Waals surface area contributed by atoms with Crippen LogP contribution in [0.5, 0.6) is 0 Å². The number of likely N-dealkylation sites (tertiary alicyclic amines) is 1. The zero-order chi connectivity index (χ0) is 13.7. The molecule has 0 radical (unpaired) electrons. The lowest BCUT2D eigenvalue weighted by molar-refractivity contribution is 0.0946. The third-order valence-corrected chi connectivity index (χ3v) is 4.20. The monoisotopic (exact) mass is 265 g/mol. The lowest BCUT2D eigenvalue weighted by Crippen LogP contribution is -2.46. The average molecular weight is 265 g/mol. The molecule has 19 heavy (non-hydrogen) atoms. The number of rotatable bonds is 5. The van der Waals surface area contributed by atoms with Crippen LogP contribution in [0.4, 0.5) is 4.79 Å². The molecule has 0 aromatic carbocycles. The number of piperidine rings is 1. The van der Waals surface area contributed by atoms with Crippen molar-refractivity contribution in [2.75, 3.05) is 26.2 Å². The zero-order valence-electron chi connectivity index (χ0n) is 11.7. The minimum atomic E-state index is -0.191.